The predicted molar refractivity (Wildman–Crippen MR) is 59.7 cm³/mol. The van der Waals surface area contributed by atoms with Gasteiger partial charge in [0.2, 0.25) is 5.91 Å². The molecule has 0 saturated heterocycles. The van der Waals surface area contributed by atoms with E-state index in [9.17, 15) is 9.90 Å². The molecule has 16 heavy (non-hydrogen) atoms. The van der Waals surface area contributed by atoms with Gasteiger partial charge in [0.1, 0.15) is 0 Å². The fraction of sp³-hybridized carbons (Fsp3) is 0.750. The van der Waals surface area contributed by atoms with Crippen molar-refractivity contribution in [2.45, 2.75) is 18.9 Å². The van der Waals surface area contributed by atoms with E-state index in [1.54, 1.807) is 0 Å². The molecule has 4 heteroatoms. The van der Waals surface area contributed by atoms with Crippen molar-refractivity contribution in [3.63, 3.8) is 0 Å². The van der Waals surface area contributed by atoms with Crippen molar-refractivity contribution in [1.29, 1.82) is 0 Å². The third-order valence-electron chi connectivity index (χ3n) is 3.49. The average molecular weight is 225 g/mol. The number of ether oxygens (including phenoxy) is 1. The lowest BCUT2D eigenvalue weighted by Crippen LogP contribution is -2.39. The maximum atomic E-state index is 11.8. The van der Waals surface area contributed by atoms with Crippen molar-refractivity contribution in [3.8, 4) is 0 Å². The van der Waals surface area contributed by atoms with Gasteiger partial charge < -0.3 is 15.2 Å². The molecule has 0 aliphatic heterocycles. The number of hydrogen-bond acceptors (Lipinski definition) is 3. The van der Waals surface area contributed by atoms with Crippen LogP contribution < -0.4 is 5.32 Å². The average Bonchev–Trinajstić information content (AvgIpc) is 2.88. The van der Waals surface area contributed by atoms with Gasteiger partial charge in [-0.15, -0.1) is 0 Å². The first kappa shape index (κ1) is 11.6. The number of aliphatic hydroxyl groups is 1. The molecule has 0 aromatic heterocycles. The third kappa shape index (κ3) is 2.44. The lowest BCUT2D eigenvalue weighted by molar-refractivity contribution is -0.126. The number of aliphatic hydroxyl groups excluding tert-OH is 1. The van der Waals surface area contributed by atoms with Crippen LogP contribution in [0.2, 0.25) is 0 Å². The van der Waals surface area contributed by atoms with Gasteiger partial charge in [-0.1, -0.05) is 12.2 Å². The summed E-state index contributed by atoms with van der Waals surface area (Å²) in [5, 5.41) is 12.2. The molecule has 2 bridgehead atoms. The van der Waals surface area contributed by atoms with Crippen LogP contribution in [-0.4, -0.2) is 37.4 Å². The monoisotopic (exact) mass is 225 g/mol. The molecule has 1 saturated carbocycles. The summed E-state index contributed by atoms with van der Waals surface area (Å²) < 4.78 is 4.80. The Morgan fingerprint density at radius 3 is 2.94 bits per heavy atom. The number of nitrogens with one attached hydrogen (secondary N) is 1. The lowest BCUT2D eigenvalue weighted by atomic mass is 9.93. The quantitative estimate of drug-likeness (QED) is 0.663. The zero-order chi connectivity index (χ0) is 11.5. The first-order valence-corrected chi connectivity index (χ1v) is 5.83. The number of fused-ring (bicyclic) bond motifs is 2. The molecule has 4 nitrogen and oxygen atoms in total. The molecule has 4 atom stereocenters. The minimum Gasteiger partial charge on any atom is -0.389 e. The van der Waals surface area contributed by atoms with E-state index in [1.807, 2.05) is 0 Å². The fourth-order valence-corrected chi connectivity index (χ4v) is 2.68. The van der Waals surface area contributed by atoms with Gasteiger partial charge in [-0.2, -0.15) is 0 Å². The van der Waals surface area contributed by atoms with E-state index in [1.165, 1.54) is 7.11 Å². The summed E-state index contributed by atoms with van der Waals surface area (Å²) in [5.74, 6) is 1.21. The summed E-state index contributed by atoms with van der Waals surface area (Å²) in [7, 11) is 1.53. The number of carbonyl (C=O) groups is 1. The summed E-state index contributed by atoms with van der Waals surface area (Å²) in [6.07, 6.45) is 5.85. The van der Waals surface area contributed by atoms with E-state index in [2.05, 4.69) is 17.5 Å². The van der Waals surface area contributed by atoms with Crippen LogP contribution in [0.1, 0.15) is 12.8 Å². The van der Waals surface area contributed by atoms with Crippen LogP contribution in [0.5, 0.6) is 0 Å². The second-order valence-electron chi connectivity index (χ2n) is 4.74. The molecule has 0 aromatic carbocycles. The van der Waals surface area contributed by atoms with Gasteiger partial charge in [-0.3, -0.25) is 4.79 Å². The molecule has 2 N–H and O–H groups in total. The maximum Gasteiger partial charge on any atom is 0.223 e. The van der Waals surface area contributed by atoms with Gasteiger partial charge >= 0.3 is 0 Å². The minimum atomic E-state index is -0.608. The van der Waals surface area contributed by atoms with E-state index >= 15 is 0 Å². The van der Waals surface area contributed by atoms with E-state index in [4.69, 9.17) is 4.74 Å². The van der Waals surface area contributed by atoms with Crippen LogP contribution in [-0.2, 0) is 9.53 Å². The Morgan fingerprint density at radius 2 is 2.38 bits per heavy atom. The van der Waals surface area contributed by atoms with Crippen molar-refractivity contribution in [2.75, 3.05) is 20.3 Å². The summed E-state index contributed by atoms with van der Waals surface area (Å²) >= 11 is 0. The molecule has 2 aliphatic carbocycles. The Kier molecular flexibility index (Phi) is 3.61. The normalized spacial score (nSPS) is 33.0. The molecule has 0 spiro atoms. The van der Waals surface area contributed by atoms with Crippen LogP contribution in [0.15, 0.2) is 12.2 Å². The Labute approximate surface area is 95.7 Å². The second-order valence-corrected chi connectivity index (χ2v) is 4.74. The second kappa shape index (κ2) is 4.97. The van der Waals surface area contributed by atoms with Crippen molar-refractivity contribution >= 4 is 5.91 Å². The Bertz CT molecular complexity index is 290. The molecule has 1 amide bonds. The molecule has 2 rings (SSSR count). The molecule has 4 unspecified atom stereocenters. The number of carbonyl (C=O) groups excluding carboxylic acids is 1. The molecule has 90 valence electrons. The van der Waals surface area contributed by atoms with Gasteiger partial charge in [0.25, 0.3) is 0 Å². The molecule has 2 aliphatic rings. The fourth-order valence-electron chi connectivity index (χ4n) is 2.68. The first-order valence-electron chi connectivity index (χ1n) is 5.83. The van der Waals surface area contributed by atoms with E-state index < -0.39 is 6.10 Å². The SMILES string of the molecule is COCC(O)CNC(=O)C1CC2C=CC1C2. The van der Waals surface area contributed by atoms with Crippen molar-refractivity contribution < 1.29 is 14.6 Å². The lowest BCUT2D eigenvalue weighted by Gasteiger charge is -2.18. The molecule has 0 aromatic rings. The summed E-state index contributed by atoms with van der Waals surface area (Å²) in [5.41, 5.74) is 0. The standard InChI is InChI=1S/C12H19NO3/c1-16-7-10(14)6-13-12(15)11-5-8-2-3-9(11)4-8/h2-3,8-11,14H,4-7H2,1H3,(H,13,15). The molecular formula is C12H19NO3. The van der Waals surface area contributed by atoms with Crippen LogP contribution >= 0.6 is 0 Å². The smallest absolute Gasteiger partial charge is 0.223 e. The van der Waals surface area contributed by atoms with E-state index in [-0.39, 0.29) is 25.0 Å². The zero-order valence-corrected chi connectivity index (χ0v) is 9.56. The zero-order valence-electron chi connectivity index (χ0n) is 9.56. The summed E-state index contributed by atoms with van der Waals surface area (Å²) in [6.45, 7) is 0.543. The first-order chi connectivity index (χ1) is 7.70. The highest BCUT2D eigenvalue weighted by Gasteiger charge is 2.39. The van der Waals surface area contributed by atoms with Gasteiger partial charge in [0.05, 0.1) is 12.7 Å². The third-order valence-corrected chi connectivity index (χ3v) is 3.49. The number of amides is 1. The Balaban J connectivity index is 1.74. The van der Waals surface area contributed by atoms with Crippen molar-refractivity contribution in [3.05, 3.63) is 12.2 Å². The number of methoxy groups -OCH3 is 1. The van der Waals surface area contributed by atoms with Crippen LogP contribution in [0.4, 0.5) is 0 Å². The highest BCUT2D eigenvalue weighted by molar-refractivity contribution is 5.80. The van der Waals surface area contributed by atoms with Crippen molar-refractivity contribution in [2.24, 2.45) is 17.8 Å². The minimum absolute atomic E-state index is 0.0759. The van der Waals surface area contributed by atoms with Gasteiger partial charge in [-0.05, 0) is 24.7 Å². The van der Waals surface area contributed by atoms with Gasteiger partial charge in [-0.25, -0.2) is 0 Å². The topological polar surface area (TPSA) is 58.6 Å². The number of allylic oxidation sites excluding steroid dienone is 2. The molecule has 0 radical (unpaired) electrons. The van der Waals surface area contributed by atoms with Crippen LogP contribution in [0, 0.1) is 17.8 Å². The maximum absolute atomic E-state index is 11.8. The van der Waals surface area contributed by atoms with Crippen LogP contribution in [0.25, 0.3) is 0 Å². The highest BCUT2D eigenvalue weighted by atomic mass is 16.5. The Morgan fingerprint density at radius 1 is 1.56 bits per heavy atom. The van der Waals surface area contributed by atoms with Crippen LogP contribution in [0.3, 0.4) is 0 Å². The molecule has 1 fully saturated rings. The molecular weight excluding hydrogens is 206 g/mol. The predicted octanol–water partition coefficient (Wildman–Crippen LogP) is 0.322. The Hall–Kier alpha value is -0.870. The van der Waals surface area contributed by atoms with E-state index in [0.717, 1.165) is 12.8 Å². The number of hydrogen-bond donors (Lipinski definition) is 2. The number of rotatable bonds is 5. The highest BCUT2D eigenvalue weighted by Crippen LogP contribution is 2.43. The van der Waals surface area contributed by atoms with Crippen molar-refractivity contribution in [1.82, 2.24) is 5.32 Å². The van der Waals surface area contributed by atoms with E-state index in [0.29, 0.717) is 11.8 Å². The summed E-state index contributed by atoms with van der Waals surface area (Å²) in [4.78, 5) is 11.8. The summed E-state index contributed by atoms with van der Waals surface area (Å²) in [6, 6.07) is 0. The molecule has 0 heterocycles. The largest absolute Gasteiger partial charge is 0.389 e. The van der Waals surface area contributed by atoms with Gasteiger partial charge in [0.15, 0.2) is 0 Å². The van der Waals surface area contributed by atoms with Gasteiger partial charge in [0, 0.05) is 19.6 Å².